The van der Waals surface area contributed by atoms with Gasteiger partial charge >= 0.3 is 0 Å². The summed E-state index contributed by atoms with van der Waals surface area (Å²) in [6, 6.07) is 0. The van der Waals surface area contributed by atoms with Crippen LogP contribution in [0.5, 0.6) is 0 Å². The van der Waals surface area contributed by atoms with Gasteiger partial charge in [-0.25, -0.2) is 9.97 Å². The summed E-state index contributed by atoms with van der Waals surface area (Å²) in [6.45, 7) is 7.98. The Kier molecular flexibility index (Phi) is 6.53. The summed E-state index contributed by atoms with van der Waals surface area (Å²) in [4.78, 5) is 15.6. The fourth-order valence-electron chi connectivity index (χ4n) is 2.19. The van der Waals surface area contributed by atoms with Crippen LogP contribution in [0.4, 0.5) is 0 Å². The zero-order valence-electron chi connectivity index (χ0n) is 14.5. The molecule has 1 N–H and O–H groups in total. The minimum absolute atomic E-state index is 0.502. The second-order valence-electron chi connectivity index (χ2n) is 5.77. The molecule has 2 aromatic heterocycles. The van der Waals surface area contributed by atoms with Crippen LogP contribution < -0.4 is 5.32 Å². The van der Waals surface area contributed by atoms with Crippen molar-refractivity contribution >= 4 is 28.6 Å². The minimum atomic E-state index is 0.502. The first kappa shape index (κ1) is 17.9. The van der Waals surface area contributed by atoms with Crippen LogP contribution in [0.2, 0.25) is 0 Å². The Morgan fingerprint density at radius 3 is 2.57 bits per heavy atom. The van der Waals surface area contributed by atoms with Gasteiger partial charge in [-0.15, -0.1) is 22.7 Å². The summed E-state index contributed by atoms with van der Waals surface area (Å²) in [5.41, 5.74) is 2.23. The van der Waals surface area contributed by atoms with Crippen molar-refractivity contribution in [3.05, 3.63) is 32.2 Å². The number of thiazole rings is 2. The number of aryl methyl sites for hydroxylation is 1. The van der Waals surface area contributed by atoms with Crippen LogP contribution in [0.3, 0.4) is 0 Å². The zero-order valence-corrected chi connectivity index (χ0v) is 16.1. The van der Waals surface area contributed by atoms with Gasteiger partial charge in [0.15, 0.2) is 5.96 Å². The molecular weight excluding hydrogens is 326 g/mol. The number of hydrogen-bond acceptors (Lipinski definition) is 5. The molecule has 0 bridgehead atoms. The van der Waals surface area contributed by atoms with Gasteiger partial charge in [0.05, 0.1) is 27.9 Å². The van der Waals surface area contributed by atoms with Crippen LogP contribution >= 0.6 is 22.7 Å². The Bertz CT molecular complexity index is 644. The molecule has 0 saturated heterocycles. The van der Waals surface area contributed by atoms with E-state index in [-0.39, 0.29) is 0 Å². The third-order valence-electron chi connectivity index (χ3n) is 3.37. The second-order valence-corrected chi connectivity index (χ2v) is 7.72. The Morgan fingerprint density at radius 1 is 1.26 bits per heavy atom. The van der Waals surface area contributed by atoms with E-state index >= 15 is 0 Å². The number of hydrogen-bond donors (Lipinski definition) is 1. The van der Waals surface area contributed by atoms with Gasteiger partial charge in [0, 0.05) is 43.7 Å². The monoisotopic (exact) mass is 351 g/mol. The summed E-state index contributed by atoms with van der Waals surface area (Å²) in [5, 5.41) is 9.96. The molecule has 23 heavy (non-hydrogen) atoms. The molecule has 0 radical (unpaired) electrons. The summed E-state index contributed by atoms with van der Waals surface area (Å²) in [6.07, 6.45) is 0.909. The molecule has 0 aromatic carbocycles. The average molecular weight is 352 g/mol. The number of aliphatic imine (C=N–C) groups is 1. The molecule has 126 valence electrons. The Labute approximate surface area is 146 Å². The van der Waals surface area contributed by atoms with Crippen molar-refractivity contribution in [2.75, 3.05) is 20.6 Å². The molecule has 0 aliphatic rings. The van der Waals surface area contributed by atoms with Crippen molar-refractivity contribution in [2.24, 2.45) is 4.99 Å². The van der Waals surface area contributed by atoms with E-state index in [2.05, 4.69) is 49.8 Å². The average Bonchev–Trinajstić information content (AvgIpc) is 3.13. The summed E-state index contributed by atoms with van der Waals surface area (Å²) in [5.74, 6) is 1.39. The quantitative estimate of drug-likeness (QED) is 0.641. The van der Waals surface area contributed by atoms with Crippen LogP contribution in [0.25, 0.3) is 0 Å². The Balaban J connectivity index is 1.82. The standard InChI is InChI=1S/C16H25N5S2/c1-11(2)15-20-13(9-23-15)6-7-18-16(17-4)21(5)8-14-10-22-12(3)19-14/h9-11H,6-8H2,1-5H3,(H,17,18). The van der Waals surface area contributed by atoms with E-state index in [1.54, 1.807) is 22.7 Å². The first-order valence-electron chi connectivity index (χ1n) is 7.76. The Hall–Kier alpha value is -1.47. The van der Waals surface area contributed by atoms with Crippen molar-refractivity contribution in [3.8, 4) is 0 Å². The number of rotatable bonds is 6. The number of aromatic nitrogens is 2. The number of guanidine groups is 1. The van der Waals surface area contributed by atoms with Gasteiger partial charge in [0.1, 0.15) is 0 Å². The molecule has 2 aromatic rings. The minimum Gasteiger partial charge on any atom is -0.356 e. The highest BCUT2D eigenvalue weighted by atomic mass is 32.1. The van der Waals surface area contributed by atoms with Crippen LogP contribution in [0.1, 0.15) is 41.2 Å². The van der Waals surface area contributed by atoms with Crippen LogP contribution in [-0.4, -0.2) is 41.5 Å². The topological polar surface area (TPSA) is 53.4 Å². The smallest absolute Gasteiger partial charge is 0.193 e. The zero-order chi connectivity index (χ0) is 16.8. The van der Waals surface area contributed by atoms with Gasteiger partial charge in [0.2, 0.25) is 0 Å². The molecule has 0 atom stereocenters. The molecule has 0 spiro atoms. The SMILES string of the molecule is CN=C(NCCc1csc(C(C)C)n1)N(C)Cc1csc(C)n1. The van der Waals surface area contributed by atoms with Crippen molar-refractivity contribution in [3.63, 3.8) is 0 Å². The summed E-state index contributed by atoms with van der Waals surface area (Å²) < 4.78 is 0. The fourth-order valence-corrected chi connectivity index (χ4v) is 3.66. The van der Waals surface area contributed by atoms with E-state index in [9.17, 15) is 0 Å². The van der Waals surface area contributed by atoms with E-state index in [4.69, 9.17) is 0 Å². The van der Waals surface area contributed by atoms with E-state index in [0.29, 0.717) is 5.92 Å². The molecule has 7 heteroatoms. The third kappa shape index (κ3) is 5.28. The van der Waals surface area contributed by atoms with Crippen molar-refractivity contribution in [1.29, 1.82) is 0 Å². The molecule has 0 fully saturated rings. The van der Waals surface area contributed by atoms with Gasteiger partial charge < -0.3 is 10.2 Å². The molecule has 5 nitrogen and oxygen atoms in total. The first-order chi connectivity index (χ1) is 11.0. The lowest BCUT2D eigenvalue weighted by Crippen LogP contribution is -2.39. The molecule has 0 aliphatic heterocycles. The molecule has 2 rings (SSSR count). The normalized spacial score (nSPS) is 12.0. The number of nitrogens with one attached hydrogen (secondary N) is 1. The van der Waals surface area contributed by atoms with Crippen LogP contribution in [0, 0.1) is 6.92 Å². The van der Waals surface area contributed by atoms with Gasteiger partial charge in [-0.1, -0.05) is 13.8 Å². The van der Waals surface area contributed by atoms with Gasteiger partial charge in [-0.3, -0.25) is 4.99 Å². The number of nitrogens with zero attached hydrogens (tertiary/aromatic N) is 4. The molecule has 0 aliphatic carbocycles. The van der Waals surface area contributed by atoms with Crippen molar-refractivity contribution in [1.82, 2.24) is 20.2 Å². The van der Waals surface area contributed by atoms with Gasteiger partial charge in [-0.2, -0.15) is 0 Å². The molecule has 2 heterocycles. The maximum Gasteiger partial charge on any atom is 0.193 e. The Morgan fingerprint density at radius 2 is 2.00 bits per heavy atom. The maximum atomic E-state index is 4.66. The molecule has 0 amide bonds. The van der Waals surface area contributed by atoms with Gasteiger partial charge in [0.25, 0.3) is 0 Å². The predicted octanol–water partition coefficient (Wildman–Crippen LogP) is 3.28. The summed E-state index contributed by atoms with van der Waals surface area (Å²) in [7, 11) is 3.84. The lowest BCUT2D eigenvalue weighted by atomic mass is 10.2. The fraction of sp³-hybridized carbons (Fsp3) is 0.562. The van der Waals surface area contributed by atoms with E-state index in [1.807, 2.05) is 21.0 Å². The molecule has 0 saturated carbocycles. The third-order valence-corrected chi connectivity index (χ3v) is 5.38. The van der Waals surface area contributed by atoms with Crippen molar-refractivity contribution in [2.45, 2.75) is 39.7 Å². The van der Waals surface area contributed by atoms with E-state index < -0.39 is 0 Å². The highest BCUT2D eigenvalue weighted by Crippen LogP contribution is 2.19. The largest absolute Gasteiger partial charge is 0.356 e. The van der Waals surface area contributed by atoms with E-state index in [0.717, 1.165) is 41.9 Å². The second kappa shape index (κ2) is 8.40. The highest BCUT2D eigenvalue weighted by Gasteiger charge is 2.09. The lowest BCUT2D eigenvalue weighted by molar-refractivity contribution is 0.471. The van der Waals surface area contributed by atoms with Gasteiger partial charge in [-0.05, 0) is 6.92 Å². The van der Waals surface area contributed by atoms with E-state index in [1.165, 1.54) is 5.01 Å². The molecule has 0 unspecified atom stereocenters. The maximum absolute atomic E-state index is 4.66. The summed E-state index contributed by atoms with van der Waals surface area (Å²) >= 11 is 3.43. The predicted molar refractivity (Wildman–Crippen MR) is 99.6 cm³/mol. The van der Waals surface area contributed by atoms with Crippen molar-refractivity contribution < 1.29 is 0 Å². The van der Waals surface area contributed by atoms with Crippen LogP contribution in [-0.2, 0) is 13.0 Å². The molecular formula is C16H25N5S2. The lowest BCUT2D eigenvalue weighted by Gasteiger charge is -2.21. The van der Waals surface area contributed by atoms with Crippen LogP contribution in [0.15, 0.2) is 15.8 Å². The highest BCUT2D eigenvalue weighted by molar-refractivity contribution is 7.09. The first-order valence-corrected chi connectivity index (χ1v) is 9.52.